The van der Waals surface area contributed by atoms with E-state index in [1.54, 1.807) is 11.3 Å². The van der Waals surface area contributed by atoms with Crippen LogP contribution < -0.4 is 11.3 Å². The van der Waals surface area contributed by atoms with Crippen LogP contribution in [0.1, 0.15) is 44.7 Å². The van der Waals surface area contributed by atoms with E-state index in [1.165, 1.54) is 25.7 Å². The molecule has 1 unspecified atom stereocenters. The van der Waals surface area contributed by atoms with Crippen LogP contribution in [-0.4, -0.2) is 15.4 Å². The van der Waals surface area contributed by atoms with Crippen molar-refractivity contribution >= 4 is 16.3 Å². The lowest BCUT2D eigenvalue weighted by molar-refractivity contribution is 0.460. The maximum absolute atomic E-state index is 5.62. The summed E-state index contributed by atoms with van der Waals surface area (Å²) < 4.78 is 2.07. The first kappa shape index (κ1) is 13.5. The number of aromatic nitrogens is 2. The number of nitrogens with two attached hydrogens (primary N) is 1. The van der Waals surface area contributed by atoms with Crippen LogP contribution in [0, 0.1) is 0 Å². The second kappa shape index (κ2) is 6.87. The van der Waals surface area contributed by atoms with Gasteiger partial charge in [0.25, 0.3) is 0 Å². The van der Waals surface area contributed by atoms with E-state index in [9.17, 15) is 0 Å². The van der Waals surface area contributed by atoms with E-state index in [0.29, 0.717) is 6.04 Å². The van der Waals surface area contributed by atoms with E-state index in [4.69, 9.17) is 5.84 Å². The minimum atomic E-state index is 0.339. The number of imidazole rings is 1. The molecule has 5 heteroatoms. The third-order valence-electron chi connectivity index (χ3n) is 3.24. The van der Waals surface area contributed by atoms with Crippen molar-refractivity contribution in [2.24, 2.45) is 5.84 Å². The summed E-state index contributed by atoms with van der Waals surface area (Å²) in [5.74, 6) is 5.62. The number of thiazole rings is 1. The second-order valence-corrected chi connectivity index (χ2v) is 5.62. The minimum absolute atomic E-state index is 0.339. The Morgan fingerprint density at radius 1 is 1.44 bits per heavy atom. The summed E-state index contributed by atoms with van der Waals surface area (Å²) in [6.07, 6.45) is 11.3. The van der Waals surface area contributed by atoms with Crippen LogP contribution in [0.15, 0.2) is 17.8 Å². The Hall–Kier alpha value is -0.910. The van der Waals surface area contributed by atoms with Gasteiger partial charge >= 0.3 is 0 Å². The number of rotatable bonds is 8. The maximum Gasteiger partial charge on any atom is 0.193 e. The van der Waals surface area contributed by atoms with Crippen LogP contribution in [0.4, 0.5) is 0 Å². The van der Waals surface area contributed by atoms with E-state index >= 15 is 0 Å². The summed E-state index contributed by atoms with van der Waals surface area (Å²) in [6.45, 7) is 2.23. The zero-order valence-electron chi connectivity index (χ0n) is 10.9. The summed E-state index contributed by atoms with van der Waals surface area (Å²) in [7, 11) is 0. The van der Waals surface area contributed by atoms with Gasteiger partial charge in [0, 0.05) is 30.2 Å². The van der Waals surface area contributed by atoms with Gasteiger partial charge in [-0.25, -0.2) is 4.98 Å². The number of hydrogen-bond acceptors (Lipinski definition) is 4. The normalized spacial score (nSPS) is 13.2. The fourth-order valence-electron chi connectivity index (χ4n) is 2.19. The Morgan fingerprint density at radius 3 is 3.06 bits per heavy atom. The number of hydrogen-bond donors (Lipinski definition) is 2. The Balaban J connectivity index is 1.83. The highest BCUT2D eigenvalue weighted by molar-refractivity contribution is 7.15. The molecule has 0 aliphatic rings. The van der Waals surface area contributed by atoms with E-state index in [0.717, 1.165) is 23.5 Å². The highest BCUT2D eigenvalue weighted by Gasteiger charge is 2.10. The number of nitrogens with one attached hydrogen (secondary N) is 1. The van der Waals surface area contributed by atoms with Crippen molar-refractivity contribution in [2.75, 3.05) is 0 Å². The SMILES string of the molecule is CCCCCCC(Cc1cn2ccsc2n1)NN. The van der Waals surface area contributed by atoms with Gasteiger partial charge in [-0.05, 0) is 6.42 Å². The van der Waals surface area contributed by atoms with Crippen LogP contribution in [-0.2, 0) is 6.42 Å². The Bertz CT molecular complexity index is 434. The van der Waals surface area contributed by atoms with E-state index in [-0.39, 0.29) is 0 Å². The molecule has 0 aromatic carbocycles. The summed E-state index contributed by atoms with van der Waals surface area (Å²) in [5, 5.41) is 2.05. The lowest BCUT2D eigenvalue weighted by atomic mass is 10.0. The van der Waals surface area contributed by atoms with Gasteiger partial charge in [0.1, 0.15) is 0 Å². The zero-order chi connectivity index (χ0) is 12.8. The van der Waals surface area contributed by atoms with Gasteiger partial charge in [0.2, 0.25) is 0 Å². The minimum Gasteiger partial charge on any atom is -0.297 e. The van der Waals surface area contributed by atoms with Crippen molar-refractivity contribution in [1.82, 2.24) is 14.8 Å². The molecule has 0 saturated heterocycles. The summed E-state index contributed by atoms with van der Waals surface area (Å²) in [5.41, 5.74) is 4.04. The average molecular weight is 266 g/mol. The van der Waals surface area contributed by atoms with Gasteiger partial charge in [0.15, 0.2) is 4.96 Å². The molecule has 2 aromatic rings. The number of nitrogens with zero attached hydrogens (tertiary/aromatic N) is 2. The molecule has 0 saturated carbocycles. The van der Waals surface area contributed by atoms with Crippen LogP contribution in [0.3, 0.4) is 0 Å². The Morgan fingerprint density at radius 2 is 2.33 bits per heavy atom. The van der Waals surface area contributed by atoms with Crippen molar-refractivity contribution in [1.29, 1.82) is 0 Å². The third kappa shape index (κ3) is 3.54. The van der Waals surface area contributed by atoms with E-state index < -0.39 is 0 Å². The molecule has 0 fully saturated rings. The lowest BCUT2D eigenvalue weighted by Crippen LogP contribution is -2.36. The van der Waals surface area contributed by atoms with E-state index in [2.05, 4.69) is 33.3 Å². The first-order valence-electron chi connectivity index (χ1n) is 6.70. The number of fused-ring (bicyclic) bond motifs is 1. The molecular weight excluding hydrogens is 244 g/mol. The maximum atomic E-state index is 5.62. The van der Waals surface area contributed by atoms with Crippen molar-refractivity contribution in [3.8, 4) is 0 Å². The predicted molar refractivity (Wildman–Crippen MR) is 76.6 cm³/mol. The molecule has 0 radical (unpaired) electrons. The van der Waals surface area contributed by atoms with Crippen LogP contribution in [0.5, 0.6) is 0 Å². The van der Waals surface area contributed by atoms with Gasteiger partial charge in [-0.3, -0.25) is 15.7 Å². The Labute approximate surface area is 112 Å². The summed E-state index contributed by atoms with van der Waals surface area (Å²) >= 11 is 1.67. The molecule has 3 N–H and O–H groups in total. The van der Waals surface area contributed by atoms with E-state index in [1.807, 2.05) is 6.20 Å². The highest BCUT2D eigenvalue weighted by Crippen LogP contribution is 2.14. The first-order chi connectivity index (χ1) is 8.83. The second-order valence-electron chi connectivity index (χ2n) is 4.74. The van der Waals surface area contributed by atoms with Crippen molar-refractivity contribution < 1.29 is 0 Å². The molecule has 2 heterocycles. The topological polar surface area (TPSA) is 55.3 Å². The van der Waals surface area contributed by atoms with Gasteiger partial charge in [-0.15, -0.1) is 11.3 Å². The largest absolute Gasteiger partial charge is 0.297 e. The number of unbranched alkanes of at least 4 members (excludes halogenated alkanes) is 3. The standard InChI is InChI=1S/C13H22N4S/c1-2-3-4-5-6-11(16-14)9-12-10-17-7-8-18-13(17)15-12/h7-8,10-11,16H,2-6,9,14H2,1H3. The summed E-state index contributed by atoms with van der Waals surface area (Å²) in [6, 6.07) is 0.339. The molecule has 2 aromatic heterocycles. The molecule has 1 atom stereocenters. The third-order valence-corrected chi connectivity index (χ3v) is 4.01. The van der Waals surface area contributed by atoms with Gasteiger partial charge in [0.05, 0.1) is 5.69 Å². The molecule has 100 valence electrons. The molecule has 0 aliphatic carbocycles. The average Bonchev–Trinajstić information content (AvgIpc) is 2.93. The van der Waals surface area contributed by atoms with Crippen LogP contribution in [0.2, 0.25) is 0 Å². The zero-order valence-corrected chi connectivity index (χ0v) is 11.7. The summed E-state index contributed by atoms with van der Waals surface area (Å²) in [4.78, 5) is 5.65. The van der Waals surface area contributed by atoms with Crippen molar-refractivity contribution in [3.63, 3.8) is 0 Å². The van der Waals surface area contributed by atoms with Gasteiger partial charge in [-0.2, -0.15) is 0 Å². The molecule has 0 bridgehead atoms. The van der Waals surface area contributed by atoms with Crippen molar-refractivity contribution in [2.45, 2.75) is 51.5 Å². The first-order valence-corrected chi connectivity index (χ1v) is 7.58. The molecule has 4 nitrogen and oxygen atoms in total. The quantitative estimate of drug-likeness (QED) is 0.439. The van der Waals surface area contributed by atoms with Gasteiger partial charge in [-0.1, -0.05) is 32.6 Å². The van der Waals surface area contributed by atoms with Crippen LogP contribution in [0.25, 0.3) is 4.96 Å². The Kier molecular flexibility index (Phi) is 5.16. The smallest absolute Gasteiger partial charge is 0.193 e. The highest BCUT2D eigenvalue weighted by atomic mass is 32.1. The molecule has 0 spiro atoms. The number of hydrazine groups is 1. The molecule has 0 amide bonds. The fourth-order valence-corrected chi connectivity index (χ4v) is 2.91. The fraction of sp³-hybridized carbons (Fsp3) is 0.615. The van der Waals surface area contributed by atoms with Crippen LogP contribution >= 0.6 is 11.3 Å². The monoisotopic (exact) mass is 266 g/mol. The lowest BCUT2D eigenvalue weighted by Gasteiger charge is -2.14. The molecule has 2 rings (SSSR count). The molecular formula is C13H22N4S. The molecule has 18 heavy (non-hydrogen) atoms. The van der Waals surface area contributed by atoms with Gasteiger partial charge < -0.3 is 0 Å². The predicted octanol–water partition coefficient (Wildman–Crippen LogP) is 2.74. The van der Waals surface area contributed by atoms with Crippen molar-refractivity contribution in [3.05, 3.63) is 23.5 Å². The molecule has 0 aliphatic heterocycles.